The van der Waals surface area contributed by atoms with Crippen LogP contribution in [-0.4, -0.2) is 69.7 Å². The molecule has 0 aliphatic carbocycles. The van der Waals surface area contributed by atoms with E-state index in [9.17, 15) is 29.4 Å². The Bertz CT molecular complexity index is 1540. The van der Waals surface area contributed by atoms with Crippen LogP contribution in [0.25, 0.3) is 0 Å². The molecule has 0 aliphatic heterocycles. The second kappa shape index (κ2) is 28.0. The molecular formula is C36H42N6O8Zn+2. The number of aromatic carboxylic acids is 2. The average molecular weight is 752 g/mol. The van der Waals surface area contributed by atoms with Gasteiger partial charge in [-0.2, -0.15) is 10.5 Å². The first kappa shape index (κ1) is 49.5. The van der Waals surface area contributed by atoms with E-state index in [-0.39, 0.29) is 53.4 Å². The summed E-state index contributed by atoms with van der Waals surface area (Å²) in [5.74, 6) is -2.35. The van der Waals surface area contributed by atoms with Gasteiger partial charge in [0.2, 0.25) is 0 Å². The van der Waals surface area contributed by atoms with Crippen molar-refractivity contribution in [3.05, 3.63) is 131 Å². The summed E-state index contributed by atoms with van der Waals surface area (Å²) in [6, 6.07) is 22.0. The van der Waals surface area contributed by atoms with Crippen molar-refractivity contribution in [1.29, 1.82) is 10.5 Å². The van der Waals surface area contributed by atoms with Crippen LogP contribution in [0.5, 0.6) is 0 Å². The number of pyridine rings is 2. The summed E-state index contributed by atoms with van der Waals surface area (Å²) in [5.41, 5.74) is 2.37. The summed E-state index contributed by atoms with van der Waals surface area (Å²) in [5, 5.41) is 37.1. The molecule has 6 N–H and O–H groups in total. The maximum absolute atomic E-state index is 11.7. The monoisotopic (exact) mass is 750 g/mol. The van der Waals surface area contributed by atoms with Gasteiger partial charge in [0, 0.05) is 51.0 Å². The molecule has 0 fully saturated rings. The Morgan fingerprint density at radius 2 is 0.863 bits per heavy atom. The number of benzene rings is 2. The van der Waals surface area contributed by atoms with Crippen molar-refractivity contribution in [3.63, 3.8) is 0 Å². The molecule has 2 amide bonds. The number of carbonyl (C=O) groups excluding carboxylic acids is 4. The number of nitrogens with zero attached hydrogens (tertiary/aromatic N) is 6. The number of hydrogen-bond donors (Lipinski definition) is 0. The van der Waals surface area contributed by atoms with Crippen LogP contribution in [0.15, 0.2) is 97.6 Å². The topological polar surface area (TPSA) is 260 Å². The molecule has 0 unspecified atom stereocenters. The van der Waals surface area contributed by atoms with Gasteiger partial charge < -0.3 is 40.6 Å². The van der Waals surface area contributed by atoms with E-state index in [1.54, 1.807) is 58.9 Å². The molecule has 0 spiro atoms. The first-order chi connectivity index (χ1) is 23.1. The number of carboxylic acids is 2. The maximum Gasteiger partial charge on any atom is 2.00 e. The number of hydrogen-bond acceptors (Lipinski definition) is 10. The van der Waals surface area contributed by atoms with E-state index >= 15 is 0 Å². The van der Waals surface area contributed by atoms with Crippen LogP contribution in [0.3, 0.4) is 0 Å². The van der Waals surface area contributed by atoms with E-state index in [0.29, 0.717) is 22.3 Å². The van der Waals surface area contributed by atoms with Gasteiger partial charge in [-0.3, -0.25) is 19.6 Å². The van der Waals surface area contributed by atoms with Crippen molar-refractivity contribution < 1.29 is 59.8 Å². The molecule has 0 radical (unpaired) electrons. The predicted octanol–water partition coefficient (Wildman–Crippen LogP) is 1.12. The molecule has 0 saturated carbocycles. The normalized spacial score (nSPS) is 8.67. The molecule has 2 aromatic heterocycles. The molecule has 264 valence electrons. The van der Waals surface area contributed by atoms with Crippen molar-refractivity contribution in [2.45, 2.75) is 27.7 Å². The molecule has 51 heavy (non-hydrogen) atoms. The van der Waals surface area contributed by atoms with Crippen LogP contribution >= 0.6 is 0 Å². The van der Waals surface area contributed by atoms with E-state index < -0.39 is 11.9 Å². The van der Waals surface area contributed by atoms with E-state index in [0.717, 1.165) is 26.2 Å². The summed E-state index contributed by atoms with van der Waals surface area (Å²) < 4.78 is 0. The molecular weight excluding hydrogens is 710 g/mol. The number of carbonyl (C=O) groups is 4. The number of nitriles is 2. The fraction of sp³-hybridized carbons (Fsp3) is 0.222. The third-order valence-corrected chi connectivity index (χ3v) is 6.42. The van der Waals surface area contributed by atoms with Crippen molar-refractivity contribution in [3.8, 4) is 12.1 Å². The minimum Gasteiger partial charge on any atom is -0.545 e. The molecule has 0 aliphatic rings. The first-order valence-electron chi connectivity index (χ1n) is 14.9. The van der Waals surface area contributed by atoms with Gasteiger partial charge >= 0.3 is 19.5 Å². The van der Waals surface area contributed by atoms with Gasteiger partial charge in [0.05, 0.1) is 46.3 Å². The van der Waals surface area contributed by atoms with Crippen LogP contribution in [0.2, 0.25) is 0 Å². The number of aromatic nitrogens is 2. The smallest absolute Gasteiger partial charge is 0.545 e. The van der Waals surface area contributed by atoms with Crippen LogP contribution in [0, 0.1) is 22.7 Å². The molecule has 4 aromatic rings. The first-order valence-corrected chi connectivity index (χ1v) is 14.9. The minimum absolute atomic E-state index is 0. The third kappa shape index (κ3) is 17.9. The molecule has 0 saturated heterocycles. The summed E-state index contributed by atoms with van der Waals surface area (Å²) in [4.78, 5) is 55.2. The third-order valence-electron chi connectivity index (χ3n) is 6.42. The minimum atomic E-state index is -1.23. The summed E-state index contributed by atoms with van der Waals surface area (Å²) in [6.45, 7) is 10.8. The maximum atomic E-state index is 11.7. The van der Waals surface area contributed by atoms with Crippen LogP contribution in [0.4, 0.5) is 0 Å². The van der Waals surface area contributed by atoms with E-state index in [1.165, 1.54) is 48.5 Å². The van der Waals surface area contributed by atoms with Crippen LogP contribution in [-0.2, 0) is 30.4 Å². The second-order valence-electron chi connectivity index (χ2n) is 9.39. The van der Waals surface area contributed by atoms with Crippen molar-refractivity contribution in [2.75, 3.05) is 26.2 Å². The molecule has 4 rings (SSSR count). The molecule has 14 nitrogen and oxygen atoms in total. The van der Waals surface area contributed by atoms with E-state index in [2.05, 4.69) is 9.97 Å². The number of carboxylic acid groups (broad SMARTS) is 2. The Hall–Kier alpha value is -5.86. The SMILES string of the molecule is CCN(CC)C(=O)c1cccnc1.CCN(CC)C(=O)c1cccnc1.N#Cc1ccc(C(=O)[O-])cc1.N#Cc1ccc(C(=O)[O-])cc1.[OH3+].[OH3+].[Zn+2]. The summed E-state index contributed by atoms with van der Waals surface area (Å²) >= 11 is 0. The molecule has 2 heterocycles. The number of amides is 2. The zero-order chi connectivity index (χ0) is 35.9. The van der Waals surface area contributed by atoms with Crippen molar-refractivity contribution >= 4 is 23.8 Å². The Labute approximate surface area is 310 Å². The quantitative estimate of drug-likeness (QED) is 0.183. The van der Waals surface area contributed by atoms with Gasteiger partial charge in [-0.1, -0.05) is 24.3 Å². The molecule has 2 aromatic carbocycles. The fourth-order valence-corrected chi connectivity index (χ4v) is 3.73. The van der Waals surface area contributed by atoms with Gasteiger partial charge in [-0.05, 0) is 87.4 Å². The van der Waals surface area contributed by atoms with Gasteiger partial charge in [-0.25, -0.2) is 0 Å². The summed E-state index contributed by atoms with van der Waals surface area (Å²) in [7, 11) is 0. The predicted molar refractivity (Wildman–Crippen MR) is 184 cm³/mol. The van der Waals surface area contributed by atoms with E-state index in [4.69, 9.17) is 10.5 Å². The Morgan fingerprint density at radius 1 is 0.569 bits per heavy atom. The van der Waals surface area contributed by atoms with Gasteiger partial charge in [0.15, 0.2) is 0 Å². The Balaban J connectivity index is -0.000000592. The molecule has 0 atom stereocenters. The second-order valence-corrected chi connectivity index (χ2v) is 9.39. The van der Waals surface area contributed by atoms with Gasteiger partial charge in [-0.15, -0.1) is 0 Å². The van der Waals surface area contributed by atoms with E-state index in [1.807, 2.05) is 39.8 Å². The zero-order valence-corrected chi connectivity index (χ0v) is 32.0. The van der Waals surface area contributed by atoms with Gasteiger partial charge in [0.1, 0.15) is 0 Å². The van der Waals surface area contributed by atoms with Crippen LogP contribution < -0.4 is 10.2 Å². The molecule has 0 bridgehead atoms. The zero-order valence-electron chi connectivity index (χ0n) is 29.1. The summed E-state index contributed by atoms with van der Waals surface area (Å²) in [6.07, 6.45) is 6.53. The van der Waals surface area contributed by atoms with Crippen molar-refractivity contribution in [1.82, 2.24) is 19.8 Å². The fourth-order valence-electron chi connectivity index (χ4n) is 3.73. The standard InChI is InChI=1S/2C10H14N2O.2C8H5NO2.2H2O.Zn/c2*1-3-12(4-2)10(13)9-6-5-7-11-8-9;2*9-5-6-1-3-7(4-2-6)8(10)11;;;/h2*5-8H,3-4H2,1-2H3;2*1-4H,(H,10,11);2*1H2;/q;;;;;;+2. The van der Waals surface area contributed by atoms with Gasteiger partial charge in [0.25, 0.3) is 11.8 Å². The van der Waals surface area contributed by atoms with Crippen molar-refractivity contribution in [2.24, 2.45) is 0 Å². The van der Waals surface area contributed by atoms with Crippen LogP contribution in [0.1, 0.15) is 80.3 Å². The average Bonchev–Trinajstić information content (AvgIpc) is 3.14. The molecule has 15 heteroatoms. The Kier molecular flexibility index (Phi) is 27.2. The Morgan fingerprint density at radius 3 is 1.06 bits per heavy atom. The number of rotatable bonds is 8. The largest absolute Gasteiger partial charge is 2.00 e.